The number of hydrogen-bond acceptors (Lipinski definition) is 2. The molecule has 2 nitrogen and oxygen atoms in total. The number of halogens is 5. The van der Waals surface area contributed by atoms with E-state index in [0.29, 0.717) is 12.1 Å². The fourth-order valence-electron chi connectivity index (χ4n) is 2.12. The SMILES string of the molecule is C=CCCc1ccc(C(=O)Oc2cc(F)c(C(F)(F)F)c(F)c2)cc1. The molecule has 2 aromatic rings. The topological polar surface area (TPSA) is 26.3 Å². The van der Waals surface area contributed by atoms with Gasteiger partial charge in [-0.3, -0.25) is 0 Å². The highest BCUT2D eigenvalue weighted by Gasteiger charge is 2.38. The normalized spacial score (nSPS) is 11.2. The molecule has 2 rings (SSSR count). The van der Waals surface area contributed by atoms with Gasteiger partial charge in [0.05, 0.1) is 5.56 Å². The van der Waals surface area contributed by atoms with Crippen LogP contribution in [0.1, 0.15) is 27.9 Å². The lowest BCUT2D eigenvalue weighted by Gasteiger charge is -2.11. The monoisotopic (exact) mass is 356 g/mol. The molecule has 0 aliphatic heterocycles. The minimum atomic E-state index is -5.18. The average molecular weight is 356 g/mol. The Labute approximate surface area is 140 Å². The van der Waals surface area contributed by atoms with Gasteiger partial charge in [0.15, 0.2) is 0 Å². The van der Waals surface area contributed by atoms with Crippen LogP contribution in [0.5, 0.6) is 5.75 Å². The molecule has 0 aromatic heterocycles. The van der Waals surface area contributed by atoms with Crippen LogP contribution in [0.25, 0.3) is 0 Å². The summed E-state index contributed by atoms with van der Waals surface area (Å²) < 4.78 is 69.2. The number of rotatable bonds is 5. The van der Waals surface area contributed by atoms with Crippen molar-refractivity contribution in [2.24, 2.45) is 0 Å². The highest BCUT2D eigenvalue weighted by Crippen LogP contribution is 2.35. The highest BCUT2D eigenvalue weighted by atomic mass is 19.4. The van der Waals surface area contributed by atoms with Gasteiger partial charge < -0.3 is 4.74 Å². The molecule has 0 fully saturated rings. The van der Waals surface area contributed by atoms with Gasteiger partial charge in [-0.25, -0.2) is 13.6 Å². The van der Waals surface area contributed by atoms with E-state index in [-0.39, 0.29) is 5.56 Å². The second-order valence-electron chi connectivity index (χ2n) is 5.17. The van der Waals surface area contributed by atoms with Crippen molar-refractivity contribution in [3.63, 3.8) is 0 Å². The van der Waals surface area contributed by atoms with Gasteiger partial charge in [0.25, 0.3) is 0 Å². The van der Waals surface area contributed by atoms with Crippen molar-refractivity contribution < 1.29 is 31.5 Å². The number of hydrogen-bond donors (Lipinski definition) is 0. The van der Waals surface area contributed by atoms with Crippen LogP contribution in [0.15, 0.2) is 49.1 Å². The Morgan fingerprint density at radius 1 is 1.08 bits per heavy atom. The van der Waals surface area contributed by atoms with E-state index in [2.05, 4.69) is 6.58 Å². The van der Waals surface area contributed by atoms with Crippen molar-refractivity contribution in [2.45, 2.75) is 19.0 Å². The first-order chi connectivity index (χ1) is 11.7. The van der Waals surface area contributed by atoms with Crippen LogP contribution >= 0.6 is 0 Å². The minimum Gasteiger partial charge on any atom is -0.423 e. The van der Waals surface area contributed by atoms with Gasteiger partial charge in [-0.15, -0.1) is 6.58 Å². The summed E-state index contributed by atoms with van der Waals surface area (Å²) in [6, 6.07) is 6.90. The number of aryl methyl sites for hydroxylation is 1. The Morgan fingerprint density at radius 2 is 1.64 bits per heavy atom. The predicted molar refractivity (Wildman–Crippen MR) is 81.3 cm³/mol. The summed E-state index contributed by atoms with van der Waals surface area (Å²) in [5, 5.41) is 0. The first-order valence-electron chi connectivity index (χ1n) is 7.20. The molecule has 7 heteroatoms. The first-order valence-corrected chi connectivity index (χ1v) is 7.20. The van der Waals surface area contributed by atoms with E-state index in [9.17, 15) is 26.7 Å². The number of ether oxygens (including phenoxy) is 1. The van der Waals surface area contributed by atoms with Crippen LogP contribution in [-0.4, -0.2) is 5.97 Å². The highest BCUT2D eigenvalue weighted by molar-refractivity contribution is 5.91. The minimum absolute atomic E-state index is 0.100. The summed E-state index contributed by atoms with van der Waals surface area (Å²) in [7, 11) is 0. The van der Waals surface area contributed by atoms with Gasteiger partial charge in [0.1, 0.15) is 22.9 Å². The van der Waals surface area contributed by atoms with E-state index in [1.54, 1.807) is 18.2 Å². The van der Waals surface area contributed by atoms with Crippen molar-refractivity contribution >= 4 is 5.97 Å². The lowest BCUT2D eigenvalue weighted by molar-refractivity contribution is -0.142. The lowest BCUT2D eigenvalue weighted by atomic mass is 10.1. The van der Waals surface area contributed by atoms with Gasteiger partial charge in [-0.05, 0) is 30.5 Å². The van der Waals surface area contributed by atoms with E-state index in [1.807, 2.05) is 0 Å². The zero-order chi connectivity index (χ0) is 18.6. The fourth-order valence-corrected chi connectivity index (χ4v) is 2.12. The molecule has 0 saturated heterocycles. The maximum atomic E-state index is 13.5. The van der Waals surface area contributed by atoms with E-state index in [0.717, 1.165) is 18.4 Å². The molecule has 0 unspecified atom stereocenters. The third-order valence-corrected chi connectivity index (χ3v) is 3.34. The quantitative estimate of drug-likeness (QED) is 0.314. The Kier molecular flexibility index (Phi) is 5.56. The fraction of sp³-hybridized carbons (Fsp3) is 0.167. The second kappa shape index (κ2) is 7.46. The molecule has 0 saturated carbocycles. The zero-order valence-electron chi connectivity index (χ0n) is 12.9. The molecule has 0 aliphatic carbocycles. The van der Waals surface area contributed by atoms with E-state index >= 15 is 0 Å². The molecule has 0 amide bonds. The Bertz CT molecular complexity index is 756. The molecule has 0 spiro atoms. The van der Waals surface area contributed by atoms with E-state index in [1.165, 1.54) is 12.1 Å². The third-order valence-electron chi connectivity index (χ3n) is 3.34. The number of alkyl halides is 3. The smallest absolute Gasteiger partial charge is 0.422 e. The number of carbonyl (C=O) groups excluding carboxylic acids is 1. The summed E-state index contributed by atoms with van der Waals surface area (Å²) >= 11 is 0. The third kappa shape index (κ3) is 4.65. The van der Waals surface area contributed by atoms with Crippen LogP contribution in [0.2, 0.25) is 0 Å². The number of benzene rings is 2. The van der Waals surface area contributed by atoms with Gasteiger partial charge >= 0.3 is 12.1 Å². The van der Waals surface area contributed by atoms with Gasteiger partial charge in [0.2, 0.25) is 0 Å². The Morgan fingerprint density at radius 3 is 2.12 bits per heavy atom. The van der Waals surface area contributed by atoms with Crippen LogP contribution in [0.4, 0.5) is 22.0 Å². The molecule has 0 radical (unpaired) electrons. The molecule has 0 atom stereocenters. The predicted octanol–water partition coefficient (Wildman–Crippen LogP) is 5.32. The van der Waals surface area contributed by atoms with Crippen molar-refractivity contribution in [3.8, 4) is 5.75 Å². The summed E-state index contributed by atoms with van der Waals surface area (Å²) in [6.45, 7) is 3.60. The summed E-state index contributed by atoms with van der Waals surface area (Å²) in [6.07, 6.45) is -1.95. The summed E-state index contributed by atoms with van der Waals surface area (Å²) in [5.41, 5.74) is -0.981. The van der Waals surface area contributed by atoms with Crippen molar-refractivity contribution in [3.05, 3.63) is 77.4 Å². The maximum Gasteiger partial charge on any atom is 0.422 e. The molecule has 132 valence electrons. The zero-order valence-corrected chi connectivity index (χ0v) is 12.9. The molecule has 0 aliphatic rings. The average Bonchev–Trinajstić information content (AvgIpc) is 2.51. The van der Waals surface area contributed by atoms with Crippen molar-refractivity contribution in [1.82, 2.24) is 0 Å². The number of esters is 1. The second-order valence-corrected chi connectivity index (χ2v) is 5.17. The largest absolute Gasteiger partial charge is 0.423 e. The molecular weight excluding hydrogens is 343 g/mol. The van der Waals surface area contributed by atoms with Crippen LogP contribution in [0, 0.1) is 11.6 Å². The summed E-state index contributed by atoms with van der Waals surface area (Å²) in [4.78, 5) is 11.9. The maximum absolute atomic E-state index is 13.5. The van der Waals surface area contributed by atoms with Crippen LogP contribution in [-0.2, 0) is 12.6 Å². The molecular formula is C18H13F5O2. The van der Waals surface area contributed by atoms with Gasteiger partial charge in [-0.1, -0.05) is 18.2 Å². The number of carbonyl (C=O) groups is 1. The van der Waals surface area contributed by atoms with Crippen molar-refractivity contribution in [1.29, 1.82) is 0 Å². The molecule has 0 bridgehead atoms. The van der Waals surface area contributed by atoms with Gasteiger partial charge in [-0.2, -0.15) is 13.2 Å². The number of allylic oxidation sites excluding steroid dienone is 1. The molecule has 25 heavy (non-hydrogen) atoms. The lowest BCUT2D eigenvalue weighted by Crippen LogP contribution is -2.13. The molecule has 0 heterocycles. The summed E-state index contributed by atoms with van der Waals surface area (Å²) in [5.74, 6) is -5.29. The Balaban J connectivity index is 2.16. The van der Waals surface area contributed by atoms with E-state index in [4.69, 9.17) is 4.74 Å². The Hall–Kier alpha value is -2.70. The molecule has 0 N–H and O–H groups in total. The standard InChI is InChI=1S/C18H13F5O2/c1-2-3-4-11-5-7-12(8-6-11)17(24)25-13-9-14(19)16(15(20)10-13)18(21,22)23/h2,5-10H,1,3-4H2. The molecule has 2 aromatic carbocycles. The van der Waals surface area contributed by atoms with Gasteiger partial charge in [0, 0.05) is 12.1 Å². The van der Waals surface area contributed by atoms with Crippen molar-refractivity contribution in [2.75, 3.05) is 0 Å². The first kappa shape index (κ1) is 18.6. The van der Waals surface area contributed by atoms with E-state index < -0.39 is 35.1 Å². The van der Waals surface area contributed by atoms with Crippen LogP contribution in [0.3, 0.4) is 0 Å². The van der Waals surface area contributed by atoms with Crippen LogP contribution < -0.4 is 4.74 Å².